The molecule has 0 unspecified atom stereocenters. The Labute approximate surface area is 173 Å². The van der Waals surface area contributed by atoms with Gasteiger partial charge >= 0.3 is 5.97 Å². The summed E-state index contributed by atoms with van der Waals surface area (Å²) in [6, 6.07) is 0. The second kappa shape index (κ2) is 16.7. The first kappa shape index (κ1) is 24.8. The fourth-order valence-electron chi connectivity index (χ4n) is 3.77. The second-order valence-corrected chi connectivity index (χ2v) is 9.69. The van der Waals surface area contributed by atoms with Gasteiger partial charge in [-0.3, -0.25) is 4.79 Å². The molecule has 4 heteroatoms. The van der Waals surface area contributed by atoms with E-state index < -0.39 is 0 Å². The average Bonchev–Trinajstić information content (AvgIpc) is 2.64. The lowest BCUT2D eigenvalue weighted by atomic mass is 9.87. The molecule has 1 rings (SSSR count). The average molecular weight is 400 g/mol. The van der Waals surface area contributed by atoms with E-state index in [1.54, 1.807) is 0 Å². The molecule has 2 atom stereocenters. The first-order valence-corrected chi connectivity index (χ1v) is 12.7. The summed E-state index contributed by atoms with van der Waals surface area (Å²) >= 11 is 2.08. The van der Waals surface area contributed by atoms with E-state index in [1.807, 2.05) is 0 Å². The van der Waals surface area contributed by atoms with Crippen molar-refractivity contribution in [3.63, 3.8) is 0 Å². The Hall–Kier alpha value is -0.220. The van der Waals surface area contributed by atoms with Gasteiger partial charge in [0.05, 0.1) is 5.92 Å². The molecule has 0 N–H and O–H groups in total. The van der Waals surface area contributed by atoms with Crippen molar-refractivity contribution in [1.82, 2.24) is 4.90 Å². The number of rotatable bonds is 19. The van der Waals surface area contributed by atoms with Gasteiger partial charge in [-0.2, -0.15) is 11.8 Å². The number of ether oxygens (including phenoxy) is 1. The van der Waals surface area contributed by atoms with Gasteiger partial charge in [0.1, 0.15) is 6.10 Å². The molecule has 1 heterocycles. The normalized spacial score (nSPS) is 19.3. The predicted octanol–water partition coefficient (Wildman–Crippen LogP) is 6.30. The van der Waals surface area contributed by atoms with Crippen LogP contribution in [0.5, 0.6) is 0 Å². The molecule has 0 amide bonds. The van der Waals surface area contributed by atoms with Crippen LogP contribution in [-0.4, -0.2) is 49.1 Å². The van der Waals surface area contributed by atoms with Crippen molar-refractivity contribution >= 4 is 17.7 Å². The highest BCUT2D eigenvalue weighted by atomic mass is 32.2. The summed E-state index contributed by atoms with van der Waals surface area (Å²) in [7, 11) is 4.28. The zero-order chi connectivity index (χ0) is 19.7. The topological polar surface area (TPSA) is 29.5 Å². The van der Waals surface area contributed by atoms with Crippen LogP contribution in [0.25, 0.3) is 0 Å². The third-order valence-corrected chi connectivity index (χ3v) is 6.71. The molecule has 1 saturated heterocycles. The van der Waals surface area contributed by atoms with Crippen LogP contribution >= 0.6 is 11.8 Å². The fourth-order valence-corrected chi connectivity index (χ4v) is 4.72. The molecule has 0 aromatic carbocycles. The summed E-state index contributed by atoms with van der Waals surface area (Å²) in [5, 5.41) is 0. The molecule has 0 aromatic heterocycles. The van der Waals surface area contributed by atoms with Crippen LogP contribution in [0.1, 0.15) is 96.8 Å². The molecular weight excluding hydrogens is 354 g/mol. The van der Waals surface area contributed by atoms with Crippen LogP contribution in [0.3, 0.4) is 0 Å². The van der Waals surface area contributed by atoms with Gasteiger partial charge in [0, 0.05) is 0 Å². The maximum Gasteiger partial charge on any atom is 0.313 e. The number of cyclic esters (lactones) is 1. The fraction of sp³-hybridized carbons (Fsp3) is 0.957. The van der Waals surface area contributed by atoms with Gasteiger partial charge in [-0.05, 0) is 64.2 Å². The van der Waals surface area contributed by atoms with Crippen LogP contribution in [0.2, 0.25) is 0 Å². The summed E-state index contributed by atoms with van der Waals surface area (Å²) < 4.78 is 5.41. The highest BCUT2D eigenvalue weighted by Gasteiger charge is 2.40. The number of hydrogen-bond donors (Lipinski definition) is 0. The van der Waals surface area contributed by atoms with Crippen molar-refractivity contribution < 1.29 is 9.53 Å². The van der Waals surface area contributed by atoms with E-state index in [0.29, 0.717) is 0 Å². The summed E-state index contributed by atoms with van der Waals surface area (Å²) in [5.74, 6) is 2.84. The van der Waals surface area contributed by atoms with E-state index in [-0.39, 0.29) is 18.0 Å². The van der Waals surface area contributed by atoms with Crippen molar-refractivity contribution in [1.29, 1.82) is 0 Å². The Morgan fingerprint density at radius 1 is 0.815 bits per heavy atom. The van der Waals surface area contributed by atoms with E-state index in [1.165, 1.54) is 95.1 Å². The molecule has 0 radical (unpaired) electrons. The van der Waals surface area contributed by atoms with Gasteiger partial charge in [-0.15, -0.1) is 0 Å². The van der Waals surface area contributed by atoms with Gasteiger partial charge < -0.3 is 9.64 Å². The second-order valence-electron chi connectivity index (χ2n) is 8.46. The number of esters is 1. The van der Waals surface area contributed by atoms with E-state index in [4.69, 9.17) is 4.74 Å². The maximum atomic E-state index is 11.7. The van der Waals surface area contributed by atoms with Gasteiger partial charge in [0.2, 0.25) is 0 Å². The first-order chi connectivity index (χ1) is 13.1. The minimum Gasteiger partial charge on any atom is -0.461 e. The summed E-state index contributed by atoms with van der Waals surface area (Å²) in [6.45, 7) is 3.46. The highest BCUT2D eigenvalue weighted by molar-refractivity contribution is 7.99. The zero-order valence-electron chi connectivity index (χ0n) is 18.3. The van der Waals surface area contributed by atoms with Gasteiger partial charge in [-0.1, -0.05) is 64.7 Å². The van der Waals surface area contributed by atoms with Gasteiger partial charge in [0.15, 0.2) is 0 Å². The van der Waals surface area contributed by atoms with Gasteiger partial charge in [-0.25, -0.2) is 0 Å². The number of hydrogen-bond acceptors (Lipinski definition) is 4. The molecule has 160 valence electrons. The Kier molecular flexibility index (Phi) is 15.4. The lowest BCUT2D eigenvalue weighted by Gasteiger charge is -2.35. The highest BCUT2D eigenvalue weighted by Crippen LogP contribution is 2.31. The molecule has 3 nitrogen and oxygen atoms in total. The van der Waals surface area contributed by atoms with Crippen molar-refractivity contribution in [2.24, 2.45) is 5.92 Å². The molecule has 1 aliphatic heterocycles. The third kappa shape index (κ3) is 12.8. The minimum absolute atomic E-state index is 0.0689. The number of thioether (sulfide) groups is 1. The largest absolute Gasteiger partial charge is 0.461 e. The monoisotopic (exact) mass is 399 g/mol. The van der Waals surface area contributed by atoms with Crippen molar-refractivity contribution in [2.45, 2.75) is 103 Å². The molecular formula is C23H45NO2S. The Morgan fingerprint density at radius 2 is 1.41 bits per heavy atom. The summed E-state index contributed by atoms with van der Waals surface area (Å²) in [6.07, 6.45) is 18.1. The van der Waals surface area contributed by atoms with Crippen LogP contribution < -0.4 is 0 Å². The zero-order valence-corrected chi connectivity index (χ0v) is 19.2. The Balaban J connectivity index is 1.90. The number of carbonyl (C=O) groups excluding carboxylic acids is 1. The van der Waals surface area contributed by atoms with E-state index in [2.05, 4.69) is 37.7 Å². The molecule has 1 aliphatic rings. The first-order valence-electron chi connectivity index (χ1n) is 11.6. The molecule has 0 aromatic rings. The smallest absolute Gasteiger partial charge is 0.313 e. The Morgan fingerprint density at radius 3 is 2.07 bits per heavy atom. The Bertz CT molecular complexity index is 362. The van der Waals surface area contributed by atoms with Crippen molar-refractivity contribution in [3.8, 4) is 0 Å². The molecule has 0 bridgehead atoms. The van der Waals surface area contributed by atoms with Gasteiger partial charge in [0.25, 0.3) is 0 Å². The van der Waals surface area contributed by atoms with E-state index in [0.717, 1.165) is 12.8 Å². The number of nitrogens with zero attached hydrogens (tertiary/aromatic N) is 1. The lowest BCUT2D eigenvalue weighted by molar-refractivity contribution is -0.186. The van der Waals surface area contributed by atoms with Crippen molar-refractivity contribution in [3.05, 3.63) is 0 Å². The van der Waals surface area contributed by atoms with Crippen LogP contribution in [0.15, 0.2) is 0 Å². The lowest BCUT2D eigenvalue weighted by Crippen LogP contribution is -2.44. The standard InChI is InChI=1S/C23H45NO2S/c1-4-5-6-7-8-9-10-12-16-21-22(26-23(21)25)17-13-11-14-19-27-20-15-18-24(2)3/h21-22H,4-20H2,1-3H3/t21-,22-/m0/s1. The minimum atomic E-state index is 0.0689. The van der Waals surface area contributed by atoms with Crippen LogP contribution in [-0.2, 0) is 9.53 Å². The molecule has 0 spiro atoms. The molecule has 1 fully saturated rings. The SMILES string of the molecule is CCCCCCCCCC[C@@H]1C(=O)O[C@H]1CCCCCSCCCN(C)C. The van der Waals surface area contributed by atoms with E-state index in [9.17, 15) is 4.79 Å². The molecule has 27 heavy (non-hydrogen) atoms. The molecule has 0 aliphatic carbocycles. The van der Waals surface area contributed by atoms with E-state index >= 15 is 0 Å². The molecule has 0 saturated carbocycles. The predicted molar refractivity (Wildman–Crippen MR) is 120 cm³/mol. The van der Waals surface area contributed by atoms with Crippen molar-refractivity contribution in [2.75, 3.05) is 32.1 Å². The quantitative estimate of drug-likeness (QED) is 0.188. The summed E-state index contributed by atoms with van der Waals surface area (Å²) in [5.41, 5.74) is 0. The van der Waals surface area contributed by atoms with Crippen LogP contribution in [0.4, 0.5) is 0 Å². The van der Waals surface area contributed by atoms with Crippen LogP contribution in [0, 0.1) is 5.92 Å². The number of carbonyl (C=O) groups is 1. The summed E-state index contributed by atoms with van der Waals surface area (Å²) in [4.78, 5) is 14.0. The maximum absolute atomic E-state index is 11.7. The number of unbranched alkanes of at least 4 members (excludes halogenated alkanes) is 9. The third-order valence-electron chi connectivity index (χ3n) is 5.56.